The lowest BCUT2D eigenvalue weighted by atomic mass is 9.97. The molecule has 0 unspecified atom stereocenters. The normalized spacial score (nSPS) is 16.8. The first-order chi connectivity index (χ1) is 12.8. The van der Waals surface area contributed by atoms with E-state index in [0.29, 0.717) is 29.1 Å². The van der Waals surface area contributed by atoms with Crippen LogP contribution in [0.2, 0.25) is 0 Å². The van der Waals surface area contributed by atoms with Crippen LogP contribution in [0.25, 0.3) is 0 Å². The molecule has 1 aliphatic heterocycles. The summed E-state index contributed by atoms with van der Waals surface area (Å²) in [5, 5.41) is 5.91. The second-order valence-corrected chi connectivity index (χ2v) is 8.04. The quantitative estimate of drug-likeness (QED) is 0.854. The number of hydrogen-bond donors (Lipinski definition) is 1. The van der Waals surface area contributed by atoms with E-state index in [-0.39, 0.29) is 11.9 Å². The van der Waals surface area contributed by atoms with Crippen LogP contribution in [-0.2, 0) is 14.8 Å². The van der Waals surface area contributed by atoms with Gasteiger partial charge in [0.2, 0.25) is 15.9 Å². The summed E-state index contributed by atoms with van der Waals surface area (Å²) in [7, 11) is -1.86. The highest BCUT2D eigenvalue weighted by Crippen LogP contribution is 2.38. The van der Waals surface area contributed by atoms with Crippen molar-refractivity contribution in [2.75, 3.05) is 18.1 Å². The van der Waals surface area contributed by atoms with Gasteiger partial charge in [-0.2, -0.15) is 5.10 Å². The van der Waals surface area contributed by atoms with Gasteiger partial charge in [0.1, 0.15) is 5.75 Å². The molecule has 1 N–H and O–H groups in total. The van der Waals surface area contributed by atoms with Gasteiger partial charge in [-0.05, 0) is 12.1 Å². The van der Waals surface area contributed by atoms with Crippen molar-refractivity contribution in [2.45, 2.75) is 19.4 Å². The summed E-state index contributed by atoms with van der Waals surface area (Å²) >= 11 is 0. The Hall–Kier alpha value is -2.87. The molecule has 0 aromatic heterocycles. The fraction of sp³-hybridized carbons (Fsp3) is 0.263. The number of para-hydroxylation sites is 2. The first-order valence-electron chi connectivity index (χ1n) is 8.37. The van der Waals surface area contributed by atoms with E-state index in [1.165, 1.54) is 11.9 Å². The fourth-order valence-electron chi connectivity index (χ4n) is 3.17. The number of methoxy groups -OCH3 is 1. The van der Waals surface area contributed by atoms with Crippen molar-refractivity contribution in [3.63, 3.8) is 0 Å². The van der Waals surface area contributed by atoms with E-state index in [4.69, 9.17) is 4.74 Å². The van der Waals surface area contributed by atoms with Gasteiger partial charge in [0, 0.05) is 24.5 Å². The number of rotatable bonds is 5. The number of anilines is 1. The van der Waals surface area contributed by atoms with Gasteiger partial charge < -0.3 is 4.74 Å². The van der Waals surface area contributed by atoms with Crippen molar-refractivity contribution in [1.82, 2.24) is 5.01 Å². The number of carbonyl (C=O) groups excluding carboxylic acids is 1. The van der Waals surface area contributed by atoms with E-state index < -0.39 is 10.0 Å². The third-order valence-corrected chi connectivity index (χ3v) is 4.85. The maximum atomic E-state index is 12.2. The third kappa shape index (κ3) is 4.11. The Balaban J connectivity index is 2.02. The van der Waals surface area contributed by atoms with Crippen LogP contribution in [0.15, 0.2) is 53.6 Å². The molecule has 0 fully saturated rings. The first-order valence-corrected chi connectivity index (χ1v) is 10.3. The summed E-state index contributed by atoms with van der Waals surface area (Å²) < 4.78 is 31.3. The van der Waals surface area contributed by atoms with Crippen LogP contribution in [0.1, 0.15) is 30.5 Å². The smallest absolute Gasteiger partial charge is 0.240 e. The first kappa shape index (κ1) is 18.9. The number of nitrogens with one attached hydrogen (secondary N) is 1. The Labute approximate surface area is 158 Å². The largest absolute Gasteiger partial charge is 0.496 e. The minimum absolute atomic E-state index is 0.200. The van der Waals surface area contributed by atoms with E-state index in [9.17, 15) is 13.2 Å². The molecule has 27 heavy (non-hydrogen) atoms. The number of hydrogen-bond acceptors (Lipinski definition) is 5. The molecular formula is C19H21N3O4S. The maximum absolute atomic E-state index is 12.2. The standard InChI is InChI=1S/C19H21N3O4S/c1-13(23)22-18(15-9-5-7-11-19(15)26-2)12-17(20-22)14-8-4-6-10-16(14)21-27(3,24)25/h4-11,18,21H,12H2,1-3H3/t18-/m1/s1. The van der Waals surface area contributed by atoms with E-state index in [1.54, 1.807) is 31.4 Å². The number of ether oxygens (including phenoxy) is 1. The minimum atomic E-state index is -3.44. The average Bonchev–Trinajstić information content (AvgIpc) is 3.06. The van der Waals surface area contributed by atoms with Crippen LogP contribution in [-0.4, -0.2) is 38.4 Å². The van der Waals surface area contributed by atoms with Crippen LogP contribution >= 0.6 is 0 Å². The summed E-state index contributed by atoms with van der Waals surface area (Å²) in [6.45, 7) is 1.45. The molecule has 7 nitrogen and oxygen atoms in total. The van der Waals surface area contributed by atoms with Gasteiger partial charge in [-0.1, -0.05) is 36.4 Å². The lowest BCUT2D eigenvalue weighted by molar-refractivity contribution is -0.130. The molecule has 0 aliphatic carbocycles. The number of benzene rings is 2. The number of carbonyl (C=O) groups is 1. The Morgan fingerprint density at radius 2 is 1.85 bits per heavy atom. The maximum Gasteiger partial charge on any atom is 0.240 e. The van der Waals surface area contributed by atoms with Gasteiger partial charge in [0.25, 0.3) is 0 Å². The Morgan fingerprint density at radius 3 is 2.52 bits per heavy atom. The summed E-state index contributed by atoms with van der Waals surface area (Å²) in [4.78, 5) is 12.2. The fourth-order valence-corrected chi connectivity index (χ4v) is 3.75. The van der Waals surface area contributed by atoms with E-state index in [1.807, 2.05) is 24.3 Å². The van der Waals surface area contributed by atoms with Crippen molar-refractivity contribution in [3.8, 4) is 5.75 Å². The molecule has 142 valence electrons. The molecule has 1 amide bonds. The SMILES string of the molecule is COc1ccccc1[C@H]1CC(c2ccccc2NS(C)(=O)=O)=NN1C(C)=O. The predicted molar refractivity (Wildman–Crippen MR) is 104 cm³/mol. The van der Waals surface area contributed by atoms with Crippen molar-refractivity contribution >= 4 is 27.3 Å². The lowest BCUT2D eigenvalue weighted by Crippen LogP contribution is -2.24. The summed E-state index contributed by atoms with van der Waals surface area (Å²) in [5.74, 6) is 0.474. The topological polar surface area (TPSA) is 88.1 Å². The highest BCUT2D eigenvalue weighted by molar-refractivity contribution is 7.92. The van der Waals surface area contributed by atoms with Crippen LogP contribution < -0.4 is 9.46 Å². The molecule has 0 saturated heterocycles. The van der Waals surface area contributed by atoms with Crippen LogP contribution in [0, 0.1) is 0 Å². The highest BCUT2D eigenvalue weighted by Gasteiger charge is 2.33. The average molecular weight is 387 g/mol. The van der Waals surface area contributed by atoms with Gasteiger partial charge in [0.15, 0.2) is 0 Å². The molecular weight excluding hydrogens is 366 g/mol. The molecule has 1 heterocycles. The molecule has 8 heteroatoms. The Bertz CT molecular complexity index is 1000. The zero-order chi connectivity index (χ0) is 19.6. The summed E-state index contributed by atoms with van der Waals surface area (Å²) in [6.07, 6.45) is 1.54. The highest BCUT2D eigenvalue weighted by atomic mass is 32.2. The summed E-state index contributed by atoms with van der Waals surface area (Å²) in [6, 6.07) is 14.2. The Kier molecular flexibility index (Phi) is 5.18. The second kappa shape index (κ2) is 7.40. The molecule has 0 saturated carbocycles. The van der Waals surface area contributed by atoms with Crippen LogP contribution in [0.5, 0.6) is 5.75 Å². The second-order valence-electron chi connectivity index (χ2n) is 6.29. The molecule has 2 aromatic rings. The summed E-state index contributed by atoms with van der Waals surface area (Å²) in [5.41, 5.74) is 2.56. The van der Waals surface area contributed by atoms with Crippen LogP contribution in [0.3, 0.4) is 0 Å². The van der Waals surface area contributed by atoms with Crippen molar-refractivity contribution < 1.29 is 17.9 Å². The number of hydrazone groups is 1. The molecule has 0 radical (unpaired) electrons. The van der Waals surface area contributed by atoms with Crippen LogP contribution in [0.4, 0.5) is 5.69 Å². The predicted octanol–water partition coefficient (Wildman–Crippen LogP) is 2.76. The Morgan fingerprint density at radius 1 is 1.19 bits per heavy atom. The number of amides is 1. The van der Waals surface area contributed by atoms with Gasteiger partial charge in [-0.3, -0.25) is 9.52 Å². The van der Waals surface area contributed by atoms with Gasteiger partial charge >= 0.3 is 0 Å². The number of sulfonamides is 1. The number of nitrogens with zero attached hydrogens (tertiary/aromatic N) is 2. The van der Waals surface area contributed by atoms with Gasteiger partial charge in [-0.25, -0.2) is 13.4 Å². The molecule has 0 spiro atoms. The zero-order valence-electron chi connectivity index (χ0n) is 15.3. The molecule has 0 bridgehead atoms. The monoisotopic (exact) mass is 387 g/mol. The van der Waals surface area contributed by atoms with Crippen molar-refractivity contribution in [3.05, 3.63) is 59.7 Å². The zero-order valence-corrected chi connectivity index (χ0v) is 16.2. The third-order valence-electron chi connectivity index (χ3n) is 4.26. The molecule has 3 rings (SSSR count). The lowest BCUT2D eigenvalue weighted by Gasteiger charge is -2.22. The molecule has 2 aromatic carbocycles. The van der Waals surface area contributed by atoms with Gasteiger partial charge in [-0.15, -0.1) is 0 Å². The van der Waals surface area contributed by atoms with Crippen molar-refractivity contribution in [2.24, 2.45) is 5.10 Å². The minimum Gasteiger partial charge on any atom is -0.496 e. The van der Waals surface area contributed by atoms with Gasteiger partial charge in [0.05, 0.1) is 30.8 Å². The van der Waals surface area contributed by atoms with E-state index in [0.717, 1.165) is 11.8 Å². The molecule has 1 aliphatic rings. The van der Waals surface area contributed by atoms with E-state index >= 15 is 0 Å². The van der Waals surface area contributed by atoms with Crippen molar-refractivity contribution in [1.29, 1.82) is 0 Å². The van der Waals surface area contributed by atoms with E-state index in [2.05, 4.69) is 9.82 Å². The molecule has 1 atom stereocenters.